The molecule has 0 aromatic heterocycles. The fourth-order valence-electron chi connectivity index (χ4n) is 3.04. The van der Waals surface area contributed by atoms with Gasteiger partial charge in [-0.05, 0) is 36.3 Å². The van der Waals surface area contributed by atoms with Gasteiger partial charge in [-0.3, -0.25) is 4.79 Å². The molecule has 29 heavy (non-hydrogen) atoms. The smallest absolute Gasteiger partial charge is 0.275 e. The van der Waals surface area contributed by atoms with E-state index in [4.69, 9.17) is 18.9 Å². The molecule has 0 saturated heterocycles. The molecule has 1 amide bonds. The summed E-state index contributed by atoms with van der Waals surface area (Å²) in [4.78, 5) is 16.8. The van der Waals surface area contributed by atoms with Crippen molar-refractivity contribution in [1.82, 2.24) is 5.32 Å². The molecular formula is C22H24N2O5. The predicted molar refractivity (Wildman–Crippen MR) is 111 cm³/mol. The molecule has 0 atom stereocenters. The van der Waals surface area contributed by atoms with Crippen molar-refractivity contribution in [1.29, 1.82) is 0 Å². The third kappa shape index (κ3) is 4.68. The molecule has 152 valence electrons. The average molecular weight is 396 g/mol. The number of ether oxygens (including phenoxy) is 4. The quantitative estimate of drug-likeness (QED) is 0.693. The van der Waals surface area contributed by atoms with E-state index < -0.39 is 0 Å². The van der Waals surface area contributed by atoms with Gasteiger partial charge >= 0.3 is 0 Å². The molecule has 0 saturated carbocycles. The zero-order valence-corrected chi connectivity index (χ0v) is 16.9. The lowest BCUT2D eigenvalue weighted by molar-refractivity contribution is -0.115. The molecule has 0 radical (unpaired) electrons. The molecule has 0 unspecified atom stereocenters. The van der Waals surface area contributed by atoms with E-state index in [2.05, 4.69) is 10.3 Å². The van der Waals surface area contributed by atoms with Crippen LogP contribution in [0, 0.1) is 0 Å². The van der Waals surface area contributed by atoms with Crippen molar-refractivity contribution in [3.8, 4) is 23.0 Å². The molecule has 1 aliphatic rings. The molecule has 0 aliphatic carbocycles. The lowest BCUT2D eigenvalue weighted by Crippen LogP contribution is -2.24. The van der Waals surface area contributed by atoms with Crippen LogP contribution in [-0.2, 0) is 11.2 Å². The molecule has 1 aliphatic heterocycles. The van der Waals surface area contributed by atoms with Gasteiger partial charge in [0.25, 0.3) is 5.91 Å². The summed E-state index contributed by atoms with van der Waals surface area (Å²) in [6.07, 6.45) is 3.03. The number of amidine groups is 1. The number of nitrogens with zero attached hydrogens (tertiary/aromatic N) is 1. The Hall–Kier alpha value is -3.48. The Morgan fingerprint density at radius 2 is 1.62 bits per heavy atom. The Bertz CT molecular complexity index is 966. The Balaban J connectivity index is 1.81. The van der Waals surface area contributed by atoms with Crippen LogP contribution >= 0.6 is 0 Å². The first-order valence-electron chi connectivity index (χ1n) is 9.11. The standard InChI is InChI=1S/C22H24N2O5/c1-26-16-7-5-6-14(10-16)8-9-21-23-17(22(25)24-21)11-15-12-19(28-3)20(29-4)13-18(15)27-2/h5-7,10-13H,8-9H2,1-4H3,(H,23,24,25)/b17-11-. The van der Waals surface area contributed by atoms with E-state index in [0.29, 0.717) is 40.8 Å². The van der Waals surface area contributed by atoms with Crippen LogP contribution < -0.4 is 24.3 Å². The highest BCUT2D eigenvalue weighted by molar-refractivity contribution is 6.14. The van der Waals surface area contributed by atoms with Crippen molar-refractivity contribution >= 4 is 17.8 Å². The zero-order valence-electron chi connectivity index (χ0n) is 16.9. The lowest BCUT2D eigenvalue weighted by Gasteiger charge is -2.12. The summed E-state index contributed by atoms with van der Waals surface area (Å²) in [7, 11) is 6.30. The van der Waals surface area contributed by atoms with E-state index in [-0.39, 0.29) is 5.91 Å². The highest BCUT2D eigenvalue weighted by Crippen LogP contribution is 2.36. The maximum Gasteiger partial charge on any atom is 0.275 e. The molecule has 1 N–H and O–H groups in total. The number of nitrogens with one attached hydrogen (secondary N) is 1. The van der Waals surface area contributed by atoms with Crippen LogP contribution in [0.2, 0.25) is 0 Å². The van der Waals surface area contributed by atoms with E-state index in [0.717, 1.165) is 17.7 Å². The Morgan fingerprint density at radius 1 is 0.897 bits per heavy atom. The maximum atomic E-state index is 12.4. The summed E-state index contributed by atoms with van der Waals surface area (Å²) < 4.78 is 21.3. The van der Waals surface area contributed by atoms with E-state index in [1.807, 2.05) is 24.3 Å². The van der Waals surface area contributed by atoms with Gasteiger partial charge in [0.1, 0.15) is 23.0 Å². The summed E-state index contributed by atoms with van der Waals surface area (Å²) in [5, 5.41) is 2.83. The number of methoxy groups -OCH3 is 4. The minimum atomic E-state index is -0.248. The van der Waals surface area contributed by atoms with Crippen LogP contribution in [-0.4, -0.2) is 40.2 Å². The molecule has 2 aromatic rings. The average Bonchev–Trinajstić information content (AvgIpc) is 3.11. The topological polar surface area (TPSA) is 78.4 Å². The number of aryl methyl sites for hydroxylation is 1. The molecule has 2 aromatic carbocycles. The number of aliphatic imine (C=N–C) groups is 1. The summed E-state index contributed by atoms with van der Waals surface area (Å²) in [5.41, 5.74) is 2.10. The fourth-order valence-corrected chi connectivity index (χ4v) is 3.04. The molecule has 1 heterocycles. The maximum absolute atomic E-state index is 12.4. The van der Waals surface area contributed by atoms with Crippen LogP contribution in [0.5, 0.6) is 23.0 Å². The van der Waals surface area contributed by atoms with Crippen LogP contribution in [0.4, 0.5) is 0 Å². The van der Waals surface area contributed by atoms with E-state index >= 15 is 0 Å². The molecular weight excluding hydrogens is 372 g/mol. The summed E-state index contributed by atoms with van der Waals surface area (Å²) in [5.74, 6) is 2.83. The summed E-state index contributed by atoms with van der Waals surface area (Å²) >= 11 is 0. The van der Waals surface area contributed by atoms with Crippen molar-refractivity contribution in [3.05, 3.63) is 53.2 Å². The Morgan fingerprint density at radius 3 is 2.31 bits per heavy atom. The van der Waals surface area contributed by atoms with Crippen molar-refractivity contribution in [2.24, 2.45) is 4.99 Å². The van der Waals surface area contributed by atoms with Crippen LogP contribution in [0.15, 0.2) is 47.1 Å². The SMILES string of the molecule is COc1cccc(CCC2=N/C(=C\c3cc(OC)c(OC)cc3OC)C(=O)N2)c1. The minimum Gasteiger partial charge on any atom is -0.497 e. The number of hydrogen-bond acceptors (Lipinski definition) is 6. The molecule has 7 heteroatoms. The van der Waals surface area contributed by atoms with Crippen LogP contribution in [0.1, 0.15) is 17.5 Å². The van der Waals surface area contributed by atoms with E-state index in [1.54, 1.807) is 46.6 Å². The lowest BCUT2D eigenvalue weighted by atomic mass is 10.1. The van der Waals surface area contributed by atoms with Crippen molar-refractivity contribution in [2.75, 3.05) is 28.4 Å². The highest BCUT2D eigenvalue weighted by atomic mass is 16.5. The number of carbonyl (C=O) groups excluding carboxylic acids is 1. The van der Waals surface area contributed by atoms with Gasteiger partial charge in [-0.15, -0.1) is 0 Å². The van der Waals surface area contributed by atoms with Gasteiger partial charge in [-0.1, -0.05) is 12.1 Å². The Labute approximate surface area is 170 Å². The zero-order chi connectivity index (χ0) is 20.8. The highest BCUT2D eigenvalue weighted by Gasteiger charge is 2.21. The van der Waals surface area contributed by atoms with E-state index in [1.165, 1.54) is 0 Å². The number of hydrogen-bond donors (Lipinski definition) is 1. The Kier molecular flexibility index (Phi) is 6.39. The second-order valence-electron chi connectivity index (χ2n) is 6.34. The molecule has 3 rings (SSSR count). The first-order chi connectivity index (χ1) is 14.1. The number of rotatable bonds is 8. The van der Waals surface area contributed by atoms with Gasteiger partial charge in [0, 0.05) is 18.1 Å². The number of carbonyl (C=O) groups is 1. The van der Waals surface area contributed by atoms with Gasteiger partial charge < -0.3 is 24.3 Å². The van der Waals surface area contributed by atoms with Gasteiger partial charge in [0.15, 0.2) is 11.5 Å². The first kappa shape index (κ1) is 20.3. The monoisotopic (exact) mass is 396 g/mol. The molecule has 0 spiro atoms. The summed E-state index contributed by atoms with van der Waals surface area (Å²) in [6.45, 7) is 0. The predicted octanol–water partition coefficient (Wildman–Crippen LogP) is 3.22. The molecule has 0 fully saturated rings. The van der Waals surface area contributed by atoms with Gasteiger partial charge in [0.05, 0.1) is 28.4 Å². The molecule has 7 nitrogen and oxygen atoms in total. The second-order valence-corrected chi connectivity index (χ2v) is 6.34. The van der Waals surface area contributed by atoms with Gasteiger partial charge in [-0.25, -0.2) is 4.99 Å². The van der Waals surface area contributed by atoms with Crippen LogP contribution in [0.25, 0.3) is 6.08 Å². The van der Waals surface area contributed by atoms with Crippen LogP contribution in [0.3, 0.4) is 0 Å². The van der Waals surface area contributed by atoms with Gasteiger partial charge in [-0.2, -0.15) is 0 Å². The normalized spacial score (nSPS) is 14.4. The number of benzene rings is 2. The van der Waals surface area contributed by atoms with Crippen molar-refractivity contribution in [3.63, 3.8) is 0 Å². The second kappa shape index (κ2) is 9.14. The molecule has 0 bridgehead atoms. The van der Waals surface area contributed by atoms with Crippen molar-refractivity contribution in [2.45, 2.75) is 12.8 Å². The third-order valence-electron chi connectivity index (χ3n) is 4.56. The fraction of sp³-hybridized carbons (Fsp3) is 0.273. The minimum absolute atomic E-state index is 0.248. The van der Waals surface area contributed by atoms with E-state index in [9.17, 15) is 4.79 Å². The summed E-state index contributed by atoms with van der Waals surface area (Å²) in [6, 6.07) is 11.3. The third-order valence-corrected chi connectivity index (χ3v) is 4.56. The number of amides is 1. The van der Waals surface area contributed by atoms with Crippen molar-refractivity contribution < 1.29 is 23.7 Å². The first-order valence-corrected chi connectivity index (χ1v) is 9.11. The largest absolute Gasteiger partial charge is 0.497 e. The van der Waals surface area contributed by atoms with Gasteiger partial charge in [0.2, 0.25) is 0 Å².